The highest BCUT2D eigenvalue weighted by atomic mass is 32.2. The van der Waals surface area contributed by atoms with E-state index in [0.717, 1.165) is 22.3 Å². The average molecular weight is 332 g/mol. The van der Waals surface area contributed by atoms with Crippen LogP contribution in [0.1, 0.15) is 42.1 Å². The first-order chi connectivity index (χ1) is 10.8. The number of sulfonamides is 1. The smallest absolute Gasteiger partial charge is 0.212 e. The molecule has 1 heterocycles. The highest BCUT2D eigenvalue weighted by Crippen LogP contribution is 2.26. The third kappa shape index (κ3) is 4.88. The van der Waals surface area contributed by atoms with E-state index in [2.05, 4.69) is 15.8 Å². The molecule has 1 aromatic carbocycles. The van der Waals surface area contributed by atoms with Crippen molar-refractivity contribution in [3.05, 3.63) is 65.0 Å². The Hall–Kier alpha value is -1.72. The Bertz CT molecular complexity index is 756. The molecule has 1 atom stereocenters. The molecular weight excluding hydrogens is 308 g/mol. The van der Waals surface area contributed by atoms with Gasteiger partial charge in [-0.05, 0) is 42.5 Å². The summed E-state index contributed by atoms with van der Waals surface area (Å²) in [6, 6.07) is 9.35. The van der Waals surface area contributed by atoms with Crippen LogP contribution in [-0.4, -0.2) is 19.2 Å². The fourth-order valence-electron chi connectivity index (χ4n) is 2.67. The minimum absolute atomic E-state index is 0.0705. The van der Waals surface area contributed by atoms with Crippen molar-refractivity contribution in [1.82, 2.24) is 9.71 Å². The SMILES string of the molecule is Cc1ccc([C@@H](NS(=O)(=O)CC(C)C)c2cccnc2)c(C)c1. The fourth-order valence-corrected chi connectivity index (χ4v) is 4.27. The van der Waals surface area contributed by atoms with Crippen molar-refractivity contribution in [3.8, 4) is 0 Å². The van der Waals surface area contributed by atoms with Crippen LogP contribution in [-0.2, 0) is 10.0 Å². The first-order valence-corrected chi connectivity index (χ1v) is 9.41. The summed E-state index contributed by atoms with van der Waals surface area (Å²) in [4.78, 5) is 4.13. The molecular formula is C18H24N2O2S. The van der Waals surface area contributed by atoms with Crippen LogP contribution in [0.2, 0.25) is 0 Å². The summed E-state index contributed by atoms with van der Waals surface area (Å²) in [5, 5.41) is 0. The lowest BCUT2D eigenvalue weighted by Gasteiger charge is -2.22. The molecule has 0 radical (unpaired) electrons. The van der Waals surface area contributed by atoms with Gasteiger partial charge in [-0.1, -0.05) is 43.7 Å². The summed E-state index contributed by atoms with van der Waals surface area (Å²) in [5.41, 5.74) is 4.01. The first kappa shape index (κ1) is 17.6. The van der Waals surface area contributed by atoms with Crippen molar-refractivity contribution in [3.63, 3.8) is 0 Å². The van der Waals surface area contributed by atoms with Crippen molar-refractivity contribution in [2.45, 2.75) is 33.7 Å². The van der Waals surface area contributed by atoms with Gasteiger partial charge in [0, 0.05) is 12.4 Å². The van der Waals surface area contributed by atoms with Gasteiger partial charge in [-0.3, -0.25) is 4.98 Å². The Kier molecular flexibility index (Phi) is 5.55. The molecule has 0 saturated heterocycles. The number of hydrogen-bond donors (Lipinski definition) is 1. The van der Waals surface area contributed by atoms with Crippen molar-refractivity contribution in [2.24, 2.45) is 5.92 Å². The molecule has 1 N–H and O–H groups in total. The van der Waals surface area contributed by atoms with Gasteiger partial charge in [-0.25, -0.2) is 13.1 Å². The van der Waals surface area contributed by atoms with Gasteiger partial charge in [-0.2, -0.15) is 0 Å². The predicted molar refractivity (Wildman–Crippen MR) is 93.8 cm³/mol. The quantitative estimate of drug-likeness (QED) is 0.882. The van der Waals surface area contributed by atoms with E-state index in [4.69, 9.17) is 0 Å². The molecule has 0 aliphatic rings. The Morgan fingerprint density at radius 3 is 2.48 bits per heavy atom. The molecule has 124 valence electrons. The number of nitrogens with one attached hydrogen (secondary N) is 1. The second-order valence-electron chi connectivity index (χ2n) is 6.37. The molecule has 0 aliphatic carbocycles. The zero-order valence-corrected chi connectivity index (χ0v) is 14.9. The Morgan fingerprint density at radius 1 is 1.17 bits per heavy atom. The molecule has 2 rings (SSSR count). The lowest BCUT2D eigenvalue weighted by atomic mass is 9.95. The molecule has 0 aliphatic heterocycles. The normalized spacial score (nSPS) is 13.3. The van der Waals surface area contributed by atoms with Crippen molar-refractivity contribution >= 4 is 10.0 Å². The first-order valence-electron chi connectivity index (χ1n) is 7.75. The molecule has 23 heavy (non-hydrogen) atoms. The van der Waals surface area contributed by atoms with E-state index in [-0.39, 0.29) is 11.7 Å². The Labute approximate surface area is 139 Å². The standard InChI is InChI=1S/C18H24N2O2S/c1-13(2)12-23(21,22)20-18(16-6-5-9-19-11-16)17-8-7-14(3)10-15(17)4/h5-11,13,18,20H,12H2,1-4H3/t18-/m0/s1. The topological polar surface area (TPSA) is 59.1 Å². The monoisotopic (exact) mass is 332 g/mol. The van der Waals surface area contributed by atoms with Crippen molar-refractivity contribution in [2.75, 3.05) is 5.75 Å². The lowest BCUT2D eigenvalue weighted by molar-refractivity contribution is 0.559. The number of aryl methyl sites for hydroxylation is 2. The molecule has 0 saturated carbocycles. The molecule has 0 fully saturated rings. The summed E-state index contributed by atoms with van der Waals surface area (Å²) in [5.74, 6) is 0.176. The minimum atomic E-state index is -3.38. The number of rotatable bonds is 6. The van der Waals surface area contributed by atoms with Gasteiger partial charge in [0.05, 0.1) is 11.8 Å². The zero-order valence-electron chi connectivity index (χ0n) is 14.1. The van der Waals surface area contributed by atoms with Gasteiger partial charge in [0.2, 0.25) is 10.0 Å². The van der Waals surface area contributed by atoms with Crippen LogP contribution in [0.25, 0.3) is 0 Å². The van der Waals surface area contributed by atoms with E-state index in [9.17, 15) is 8.42 Å². The lowest BCUT2D eigenvalue weighted by Crippen LogP contribution is -2.33. The fraction of sp³-hybridized carbons (Fsp3) is 0.389. The highest BCUT2D eigenvalue weighted by Gasteiger charge is 2.23. The van der Waals surface area contributed by atoms with Gasteiger partial charge < -0.3 is 0 Å². The molecule has 0 bridgehead atoms. The summed E-state index contributed by atoms with van der Waals surface area (Å²) in [7, 11) is -3.38. The molecule has 0 spiro atoms. The van der Waals surface area contributed by atoms with Gasteiger partial charge in [0.15, 0.2) is 0 Å². The van der Waals surface area contributed by atoms with Gasteiger partial charge in [-0.15, -0.1) is 0 Å². The molecule has 1 aromatic heterocycles. The minimum Gasteiger partial charge on any atom is -0.264 e. The van der Waals surface area contributed by atoms with Crippen LogP contribution in [0.3, 0.4) is 0 Å². The maximum absolute atomic E-state index is 12.4. The average Bonchev–Trinajstić information content (AvgIpc) is 2.45. The van der Waals surface area contributed by atoms with Gasteiger partial charge >= 0.3 is 0 Å². The Balaban J connectivity index is 2.45. The van der Waals surface area contributed by atoms with Gasteiger partial charge in [0.1, 0.15) is 0 Å². The summed E-state index contributed by atoms with van der Waals surface area (Å²) in [6.45, 7) is 7.83. The van der Waals surface area contributed by atoms with Crippen LogP contribution in [0.4, 0.5) is 0 Å². The molecule has 4 nitrogen and oxygen atoms in total. The number of nitrogens with zero attached hydrogens (tertiary/aromatic N) is 1. The summed E-state index contributed by atoms with van der Waals surface area (Å²) < 4.78 is 27.7. The van der Waals surface area contributed by atoms with E-state index >= 15 is 0 Å². The maximum atomic E-state index is 12.4. The highest BCUT2D eigenvalue weighted by molar-refractivity contribution is 7.89. The summed E-state index contributed by atoms with van der Waals surface area (Å²) in [6.07, 6.45) is 3.40. The van der Waals surface area contributed by atoms with Crippen LogP contribution < -0.4 is 4.72 Å². The molecule has 0 amide bonds. The van der Waals surface area contributed by atoms with Crippen molar-refractivity contribution in [1.29, 1.82) is 0 Å². The molecule has 5 heteroatoms. The molecule has 0 unspecified atom stereocenters. The second-order valence-corrected chi connectivity index (χ2v) is 8.17. The van der Waals surface area contributed by atoms with E-state index in [1.807, 2.05) is 52.0 Å². The van der Waals surface area contributed by atoms with Crippen LogP contribution in [0.15, 0.2) is 42.7 Å². The van der Waals surface area contributed by atoms with Crippen molar-refractivity contribution < 1.29 is 8.42 Å². The number of hydrogen-bond acceptors (Lipinski definition) is 3. The van der Waals surface area contributed by atoms with Gasteiger partial charge in [0.25, 0.3) is 0 Å². The Morgan fingerprint density at radius 2 is 1.91 bits per heavy atom. The molecule has 2 aromatic rings. The predicted octanol–water partition coefficient (Wildman–Crippen LogP) is 3.36. The van der Waals surface area contributed by atoms with Crippen LogP contribution in [0.5, 0.6) is 0 Å². The third-order valence-corrected chi connectivity index (χ3v) is 5.30. The third-order valence-electron chi connectivity index (χ3n) is 3.60. The van der Waals surface area contributed by atoms with Crippen LogP contribution >= 0.6 is 0 Å². The maximum Gasteiger partial charge on any atom is 0.212 e. The number of aromatic nitrogens is 1. The van der Waals surface area contributed by atoms with E-state index in [0.29, 0.717) is 0 Å². The second kappa shape index (κ2) is 7.23. The van der Waals surface area contributed by atoms with Crippen LogP contribution in [0, 0.1) is 19.8 Å². The zero-order chi connectivity index (χ0) is 17.0. The van der Waals surface area contributed by atoms with E-state index in [1.54, 1.807) is 12.4 Å². The number of pyridine rings is 1. The van der Waals surface area contributed by atoms with E-state index < -0.39 is 16.1 Å². The number of benzene rings is 1. The van der Waals surface area contributed by atoms with E-state index in [1.165, 1.54) is 0 Å². The summed E-state index contributed by atoms with van der Waals surface area (Å²) >= 11 is 0. The largest absolute Gasteiger partial charge is 0.264 e.